The molecule has 0 spiro atoms. The minimum atomic E-state index is -0.753. The van der Waals surface area contributed by atoms with Gasteiger partial charge < -0.3 is 20.5 Å². The predicted octanol–water partition coefficient (Wildman–Crippen LogP) is 0.588. The molecule has 4 rings (SSSR count). The predicted molar refractivity (Wildman–Crippen MR) is 108 cm³/mol. The van der Waals surface area contributed by atoms with Crippen LogP contribution >= 0.6 is 0 Å². The number of hydrogen-bond donors (Lipinski definition) is 3. The number of halogens is 1. The average molecular weight is 431 g/mol. The molecule has 1 atom stereocenters. The first-order chi connectivity index (χ1) is 14.9. The maximum Gasteiger partial charge on any atom is 0.322 e. The fraction of sp³-hybridized carbons (Fsp3) is 0.400. The Kier molecular flexibility index (Phi) is 5.59. The van der Waals surface area contributed by atoms with Crippen LogP contribution in [0.5, 0.6) is 5.75 Å². The highest BCUT2D eigenvalue weighted by atomic mass is 19.1. The zero-order valence-corrected chi connectivity index (χ0v) is 16.9. The van der Waals surface area contributed by atoms with E-state index in [-0.39, 0.29) is 24.2 Å². The Morgan fingerprint density at radius 1 is 1.42 bits per heavy atom. The molecule has 3 heterocycles. The van der Waals surface area contributed by atoms with Gasteiger partial charge in [-0.2, -0.15) is 0 Å². The highest BCUT2D eigenvalue weighted by Crippen LogP contribution is 2.25. The Morgan fingerprint density at radius 2 is 2.23 bits per heavy atom. The number of carbonyl (C=O) groups is 2. The molecule has 2 saturated heterocycles. The minimum Gasteiger partial charge on any atom is -0.501 e. The molecule has 3 N–H and O–H groups in total. The van der Waals surface area contributed by atoms with Crippen molar-refractivity contribution in [3.63, 3.8) is 0 Å². The van der Waals surface area contributed by atoms with Crippen LogP contribution in [-0.2, 0) is 18.3 Å². The van der Waals surface area contributed by atoms with E-state index in [0.717, 1.165) is 0 Å². The fourth-order valence-electron chi connectivity index (χ4n) is 3.77. The van der Waals surface area contributed by atoms with Crippen molar-refractivity contribution in [2.75, 3.05) is 31.2 Å². The number of ether oxygens (including phenoxy) is 1. The zero-order valence-electron chi connectivity index (χ0n) is 16.9. The lowest BCUT2D eigenvalue weighted by molar-refractivity contribution is 0.0941. The van der Waals surface area contributed by atoms with Gasteiger partial charge in [0.15, 0.2) is 5.69 Å². The Balaban J connectivity index is 1.59. The molecule has 11 heteroatoms. The third-order valence-electron chi connectivity index (χ3n) is 5.45. The second-order valence-electron chi connectivity index (χ2n) is 7.43. The zero-order chi connectivity index (χ0) is 22.1. The standard InChI is InChI=1S/C20H22FN5O5/c1-25-17(12-4-7-31-10-12)24-15(16(27)19(25)29)18(28)23-9-11-2-3-13(21)8-14(11)26-6-5-22-20(26)30/h2-3,8,12,27H,4-7,9-10H2,1H3,(H,22,30)(H,23,28). The number of benzene rings is 1. The van der Waals surface area contributed by atoms with Crippen molar-refractivity contribution in [1.29, 1.82) is 0 Å². The fourth-order valence-corrected chi connectivity index (χ4v) is 3.77. The Morgan fingerprint density at radius 3 is 2.90 bits per heavy atom. The monoisotopic (exact) mass is 431 g/mol. The number of nitrogens with zero attached hydrogens (tertiary/aromatic N) is 3. The number of anilines is 1. The van der Waals surface area contributed by atoms with E-state index >= 15 is 0 Å². The van der Waals surface area contributed by atoms with Gasteiger partial charge in [0.2, 0.25) is 5.75 Å². The van der Waals surface area contributed by atoms with Crippen LogP contribution in [0.4, 0.5) is 14.9 Å². The van der Waals surface area contributed by atoms with E-state index in [0.29, 0.717) is 49.8 Å². The summed E-state index contributed by atoms with van der Waals surface area (Å²) in [6.45, 7) is 1.65. The van der Waals surface area contributed by atoms with Crippen LogP contribution in [0.25, 0.3) is 0 Å². The number of aromatic hydroxyl groups is 1. The lowest BCUT2D eigenvalue weighted by Crippen LogP contribution is -2.32. The SMILES string of the molecule is Cn1c(C2CCOC2)nc(C(=O)NCc2ccc(F)cc2N2CCNC2=O)c(O)c1=O. The molecule has 164 valence electrons. The highest BCUT2D eigenvalue weighted by molar-refractivity contribution is 5.96. The summed E-state index contributed by atoms with van der Waals surface area (Å²) >= 11 is 0. The molecule has 0 radical (unpaired) electrons. The molecule has 31 heavy (non-hydrogen) atoms. The summed E-state index contributed by atoms with van der Waals surface area (Å²) in [6.07, 6.45) is 0.656. The summed E-state index contributed by atoms with van der Waals surface area (Å²) in [5.74, 6) is -1.81. The number of aromatic nitrogens is 2. The Bertz CT molecular complexity index is 1100. The quantitative estimate of drug-likeness (QED) is 0.636. The lowest BCUT2D eigenvalue weighted by Gasteiger charge is -2.19. The van der Waals surface area contributed by atoms with Crippen molar-refractivity contribution in [2.45, 2.75) is 18.9 Å². The normalized spacial score (nSPS) is 18.3. The van der Waals surface area contributed by atoms with E-state index in [4.69, 9.17) is 4.74 Å². The maximum atomic E-state index is 13.8. The molecule has 0 bridgehead atoms. The molecule has 10 nitrogen and oxygen atoms in total. The van der Waals surface area contributed by atoms with Crippen LogP contribution in [-0.4, -0.2) is 52.9 Å². The summed E-state index contributed by atoms with van der Waals surface area (Å²) in [4.78, 5) is 42.8. The number of hydrogen-bond acceptors (Lipinski definition) is 6. The van der Waals surface area contributed by atoms with Crippen molar-refractivity contribution in [3.8, 4) is 5.75 Å². The van der Waals surface area contributed by atoms with E-state index in [9.17, 15) is 23.9 Å². The van der Waals surface area contributed by atoms with E-state index in [1.807, 2.05) is 0 Å². The molecule has 2 fully saturated rings. The van der Waals surface area contributed by atoms with Gasteiger partial charge in [0.25, 0.3) is 11.5 Å². The van der Waals surface area contributed by atoms with Gasteiger partial charge in [-0.15, -0.1) is 0 Å². The van der Waals surface area contributed by atoms with E-state index in [1.54, 1.807) is 0 Å². The molecule has 0 saturated carbocycles. The first kappa shape index (κ1) is 20.8. The van der Waals surface area contributed by atoms with Crippen LogP contribution in [0.15, 0.2) is 23.0 Å². The second kappa shape index (κ2) is 8.34. The van der Waals surface area contributed by atoms with Crippen LogP contribution in [0.3, 0.4) is 0 Å². The van der Waals surface area contributed by atoms with Crippen LogP contribution in [0.2, 0.25) is 0 Å². The first-order valence-electron chi connectivity index (χ1n) is 9.86. The van der Waals surface area contributed by atoms with Crippen LogP contribution < -0.4 is 21.1 Å². The second-order valence-corrected chi connectivity index (χ2v) is 7.43. The molecule has 2 aromatic rings. The van der Waals surface area contributed by atoms with Gasteiger partial charge in [-0.25, -0.2) is 14.2 Å². The molecular formula is C20H22FN5O5. The molecule has 1 unspecified atom stereocenters. The van der Waals surface area contributed by atoms with E-state index in [2.05, 4.69) is 15.6 Å². The van der Waals surface area contributed by atoms with Crippen molar-refractivity contribution >= 4 is 17.6 Å². The molecule has 0 aliphatic carbocycles. The number of urea groups is 1. The minimum absolute atomic E-state index is 0.0591. The smallest absolute Gasteiger partial charge is 0.322 e. The number of carbonyl (C=O) groups excluding carboxylic acids is 2. The van der Waals surface area contributed by atoms with Gasteiger partial charge in [0, 0.05) is 39.2 Å². The van der Waals surface area contributed by atoms with Gasteiger partial charge >= 0.3 is 6.03 Å². The summed E-state index contributed by atoms with van der Waals surface area (Å²) < 4.78 is 20.3. The van der Waals surface area contributed by atoms with Gasteiger partial charge in [-0.3, -0.25) is 19.1 Å². The highest BCUT2D eigenvalue weighted by Gasteiger charge is 2.28. The topological polar surface area (TPSA) is 126 Å². The van der Waals surface area contributed by atoms with Gasteiger partial charge in [-0.05, 0) is 24.1 Å². The molecular weight excluding hydrogens is 409 g/mol. The largest absolute Gasteiger partial charge is 0.501 e. The summed E-state index contributed by atoms with van der Waals surface area (Å²) in [5.41, 5.74) is -0.273. The van der Waals surface area contributed by atoms with Crippen molar-refractivity contribution < 1.29 is 23.8 Å². The van der Waals surface area contributed by atoms with Crippen LogP contribution in [0.1, 0.15) is 34.2 Å². The number of nitrogens with one attached hydrogen (secondary N) is 2. The summed E-state index contributed by atoms with van der Waals surface area (Å²) in [7, 11) is 1.48. The van der Waals surface area contributed by atoms with Crippen molar-refractivity contribution in [3.05, 3.63) is 51.5 Å². The summed E-state index contributed by atoms with van der Waals surface area (Å²) in [6, 6.07) is 3.56. The Labute approximate surface area is 176 Å². The number of rotatable bonds is 5. The maximum absolute atomic E-state index is 13.8. The van der Waals surface area contributed by atoms with Crippen molar-refractivity contribution in [1.82, 2.24) is 20.2 Å². The van der Waals surface area contributed by atoms with Crippen LogP contribution in [0, 0.1) is 5.82 Å². The van der Waals surface area contributed by atoms with Gasteiger partial charge in [0.05, 0.1) is 12.3 Å². The number of amides is 3. The van der Waals surface area contributed by atoms with E-state index < -0.39 is 23.0 Å². The Hall–Kier alpha value is -3.47. The summed E-state index contributed by atoms with van der Waals surface area (Å²) in [5, 5.41) is 15.5. The van der Waals surface area contributed by atoms with Crippen molar-refractivity contribution in [2.24, 2.45) is 7.05 Å². The van der Waals surface area contributed by atoms with Gasteiger partial charge in [0.1, 0.15) is 11.6 Å². The molecule has 1 aromatic carbocycles. The first-order valence-corrected chi connectivity index (χ1v) is 9.86. The lowest BCUT2D eigenvalue weighted by atomic mass is 10.1. The van der Waals surface area contributed by atoms with Gasteiger partial charge in [-0.1, -0.05) is 6.07 Å². The molecule has 3 amide bonds. The molecule has 2 aliphatic rings. The van der Waals surface area contributed by atoms with E-state index in [1.165, 1.54) is 34.7 Å². The average Bonchev–Trinajstić information content (AvgIpc) is 3.43. The molecule has 2 aliphatic heterocycles. The molecule has 1 aromatic heterocycles. The third kappa shape index (κ3) is 3.96. The third-order valence-corrected chi connectivity index (χ3v) is 5.45.